The highest BCUT2D eigenvalue weighted by molar-refractivity contribution is 9.12. The van der Waals surface area contributed by atoms with Crippen molar-refractivity contribution in [3.05, 3.63) is 52.0 Å². The third-order valence-corrected chi connectivity index (χ3v) is 4.63. The average Bonchev–Trinajstić information content (AvgIpc) is 2.95. The highest BCUT2D eigenvalue weighted by atomic mass is 79.9. The molecule has 1 fully saturated rings. The molecule has 5 heteroatoms. The number of allylic oxidation sites excluding steroid dienone is 1. The lowest BCUT2D eigenvalue weighted by Crippen LogP contribution is -2.10. The summed E-state index contributed by atoms with van der Waals surface area (Å²) in [5.41, 5.74) is 1.14. The maximum Gasteiger partial charge on any atom is 0.157 e. The maximum atomic E-state index is 4.59. The molecule has 0 spiro atoms. The van der Waals surface area contributed by atoms with E-state index in [-0.39, 0.29) is 0 Å². The molecule has 4 nitrogen and oxygen atoms in total. The highest BCUT2D eigenvalue weighted by Gasteiger charge is 2.22. The summed E-state index contributed by atoms with van der Waals surface area (Å²) in [6.45, 7) is 1.95. The van der Waals surface area contributed by atoms with Crippen molar-refractivity contribution in [3.8, 4) is 0 Å². The molecule has 23 heavy (non-hydrogen) atoms. The molecule has 0 bridgehead atoms. The summed E-state index contributed by atoms with van der Waals surface area (Å²) in [6.07, 6.45) is 10.1. The molecular weight excluding hydrogens is 352 g/mol. The second-order valence-corrected chi connectivity index (χ2v) is 6.85. The predicted octanol–water partition coefficient (Wildman–Crippen LogP) is 4.90. The number of halogens is 1. The molecule has 0 unspecified atom stereocenters. The van der Waals surface area contributed by atoms with E-state index in [2.05, 4.69) is 43.4 Å². The van der Waals surface area contributed by atoms with Crippen LogP contribution in [-0.2, 0) is 0 Å². The Labute approximate surface area is 145 Å². The van der Waals surface area contributed by atoms with Crippen LogP contribution in [0.15, 0.2) is 39.9 Å². The lowest BCUT2D eigenvalue weighted by Gasteiger charge is -2.20. The molecular formula is C18H21BrN4. The molecule has 1 saturated carbocycles. The summed E-state index contributed by atoms with van der Waals surface area (Å²) < 4.78 is 2.81. The van der Waals surface area contributed by atoms with Gasteiger partial charge in [-0.25, -0.2) is 4.68 Å². The van der Waals surface area contributed by atoms with Gasteiger partial charge in [0.15, 0.2) is 11.6 Å². The molecule has 0 aliphatic heterocycles. The zero-order valence-electron chi connectivity index (χ0n) is 13.3. The predicted molar refractivity (Wildman–Crippen MR) is 97.8 cm³/mol. The molecule has 0 amide bonds. The molecule has 1 heterocycles. The van der Waals surface area contributed by atoms with E-state index in [0.29, 0.717) is 5.92 Å². The van der Waals surface area contributed by atoms with Gasteiger partial charge in [0.05, 0.1) is 6.21 Å². The van der Waals surface area contributed by atoms with E-state index in [1.165, 1.54) is 32.1 Å². The van der Waals surface area contributed by atoms with Crippen molar-refractivity contribution in [2.24, 2.45) is 5.10 Å². The lowest BCUT2D eigenvalue weighted by atomic mass is 9.89. The van der Waals surface area contributed by atoms with Gasteiger partial charge in [0, 0.05) is 10.4 Å². The number of benzene rings is 1. The summed E-state index contributed by atoms with van der Waals surface area (Å²) in [6, 6.07) is 10.2. The van der Waals surface area contributed by atoms with Gasteiger partial charge < -0.3 is 0 Å². The van der Waals surface area contributed by atoms with Crippen LogP contribution in [0.2, 0.25) is 0 Å². The van der Waals surface area contributed by atoms with Gasteiger partial charge in [-0.3, -0.25) is 0 Å². The number of hydrogen-bond donors (Lipinski definition) is 0. The second kappa shape index (κ2) is 7.68. The van der Waals surface area contributed by atoms with Crippen LogP contribution in [0.5, 0.6) is 0 Å². The average molecular weight is 373 g/mol. The van der Waals surface area contributed by atoms with E-state index in [1.54, 1.807) is 0 Å². The first-order valence-corrected chi connectivity index (χ1v) is 8.92. The number of aryl methyl sites for hydroxylation is 1. The van der Waals surface area contributed by atoms with E-state index in [9.17, 15) is 0 Å². The van der Waals surface area contributed by atoms with Crippen LogP contribution in [0, 0.1) is 6.92 Å². The normalized spacial score (nSPS) is 17.0. The van der Waals surface area contributed by atoms with Crippen LogP contribution >= 0.6 is 15.9 Å². The SMILES string of the molecule is Cc1nnc(C2CCCCC2)n1/N=C/C(Br)=C\c1ccccc1. The summed E-state index contributed by atoms with van der Waals surface area (Å²) >= 11 is 3.56. The Balaban J connectivity index is 1.79. The quantitative estimate of drug-likeness (QED) is 0.715. The van der Waals surface area contributed by atoms with Crippen LogP contribution < -0.4 is 0 Å². The molecule has 2 aromatic rings. The molecule has 120 valence electrons. The van der Waals surface area contributed by atoms with Gasteiger partial charge in [0.1, 0.15) is 0 Å². The number of aromatic nitrogens is 3. The van der Waals surface area contributed by atoms with Crippen molar-refractivity contribution < 1.29 is 0 Å². The van der Waals surface area contributed by atoms with Gasteiger partial charge in [-0.15, -0.1) is 10.2 Å². The first kappa shape index (κ1) is 16.1. The smallest absolute Gasteiger partial charge is 0.157 e. The van der Waals surface area contributed by atoms with Crippen LogP contribution in [0.4, 0.5) is 0 Å². The Kier molecular flexibility index (Phi) is 5.39. The molecule has 1 aromatic carbocycles. The van der Waals surface area contributed by atoms with Gasteiger partial charge in [-0.1, -0.05) is 49.6 Å². The molecule has 1 aromatic heterocycles. The molecule has 3 rings (SSSR count). The van der Waals surface area contributed by atoms with Crippen LogP contribution in [0.1, 0.15) is 55.2 Å². The third-order valence-electron chi connectivity index (χ3n) is 4.19. The van der Waals surface area contributed by atoms with Crippen molar-refractivity contribution in [3.63, 3.8) is 0 Å². The molecule has 1 aliphatic rings. The first-order chi connectivity index (χ1) is 11.2. The first-order valence-electron chi connectivity index (χ1n) is 8.12. The van der Waals surface area contributed by atoms with Crippen LogP contribution in [0.3, 0.4) is 0 Å². The fraction of sp³-hybridized carbons (Fsp3) is 0.389. The van der Waals surface area contributed by atoms with E-state index in [4.69, 9.17) is 0 Å². The van der Waals surface area contributed by atoms with Crippen LogP contribution in [0.25, 0.3) is 6.08 Å². The molecule has 1 aliphatic carbocycles. The summed E-state index contributed by atoms with van der Waals surface area (Å²) in [7, 11) is 0. The lowest BCUT2D eigenvalue weighted by molar-refractivity contribution is 0.419. The number of hydrogen-bond acceptors (Lipinski definition) is 3. The van der Waals surface area contributed by atoms with Crippen molar-refractivity contribution in [1.29, 1.82) is 0 Å². The topological polar surface area (TPSA) is 43.1 Å². The Hall–Kier alpha value is -1.75. The molecule has 0 atom stereocenters. The van der Waals surface area contributed by atoms with Crippen molar-refractivity contribution >= 4 is 28.2 Å². The van der Waals surface area contributed by atoms with Gasteiger partial charge in [0.25, 0.3) is 0 Å². The fourth-order valence-corrected chi connectivity index (χ4v) is 3.35. The number of nitrogens with zero attached hydrogens (tertiary/aromatic N) is 4. The largest absolute Gasteiger partial charge is 0.201 e. The Morgan fingerprint density at radius 3 is 2.65 bits per heavy atom. The Morgan fingerprint density at radius 2 is 1.91 bits per heavy atom. The van der Waals surface area contributed by atoms with E-state index < -0.39 is 0 Å². The maximum absolute atomic E-state index is 4.59. The standard InChI is InChI=1S/C18H21BrN4/c1-14-21-22-18(16-10-6-3-7-11-16)23(14)20-13-17(19)12-15-8-4-2-5-9-15/h2,4-5,8-9,12-13,16H,3,6-7,10-11H2,1H3/b17-12+,20-13+. The van der Waals surface area contributed by atoms with E-state index in [0.717, 1.165) is 21.7 Å². The minimum absolute atomic E-state index is 0.485. The summed E-state index contributed by atoms with van der Waals surface area (Å²) in [5.74, 6) is 2.32. The zero-order chi connectivity index (χ0) is 16.1. The Morgan fingerprint density at radius 1 is 1.17 bits per heavy atom. The molecule has 0 radical (unpaired) electrons. The monoisotopic (exact) mass is 372 g/mol. The minimum atomic E-state index is 0.485. The molecule has 0 saturated heterocycles. The van der Waals surface area contributed by atoms with Crippen molar-refractivity contribution in [2.75, 3.05) is 0 Å². The van der Waals surface area contributed by atoms with Crippen LogP contribution in [-0.4, -0.2) is 21.1 Å². The Bertz CT molecular complexity index is 697. The van der Waals surface area contributed by atoms with E-state index in [1.807, 2.05) is 42.1 Å². The van der Waals surface area contributed by atoms with Gasteiger partial charge in [-0.05, 0) is 47.3 Å². The fourth-order valence-electron chi connectivity index (χ4n) is 2.99. The minimum Gasteiger partial charge on any atom is -0.201 e. The van der Waals surface area contributed by atoms with Gasteiger partial charge in [-0.2, -0.15) is 5.10 Å². The zero-order valence-corrected chi connectivity index (χ0v) is 14.9. The highest BCUT2D eigenvalue weighted by Crippen LogP contribution is 2.31. The van der Waals surface area contributed by atoms with E-state index >= 15 is 0 Å². The van der Waals surface area contributed by atoms with Gasteiger partial charge in [0.2, 0.25) is 0 Å². The van der Waals surface area contributed by atoms with Crippen molar-refractivity contribution in [2.45, 2.75) is 44.9 Å². The third kappa shape index (κ3) is 4.16. The number of rotatable bonds is 4. The molecule has 0 N–H and O–H groups in total. The summed E-state index contributed by atoms with van der Waals surface area (Å²) in [5, 5.41) is 13.2. The summed E-state index contributed by atoms with van der Waals surface area (Å²) in [4.78, 5) is 0. The second-order valence-electron chi connectivity index (χ2n) is 5.94. The van der Waals surface area contributed by atoms with Gasteiger partial charge >= 0.3 is 0 Å². The van der Waals surface area contributed by atoms with Crippen molar-refractivity contribution in [1.82, 2.24) is 14.9 Å².